The highest BCUT2D eigenvalue weighted by molar-refractivity contribution is 7.99. The van der Waals surface area contributed by atoms with E-state index < -0.39 is 57.5 Å². The van der Waals surface area contributed by atoms with Crippen molar-refractivity contribution in [3.8, 4) is 0 Å². The Hall–Kier alpha value is -0.793. The minimum atomic E-state index is -4.42. The number of phosphoric ester groups is 1. The smallest absolute Gasteiger partial charge is 0.390 e. The molecule has 0 aliphatic carbocycles. The first kappa shape index (κ1) is 38.4. The molecule has 1 fully saturated rings. The van der Waals surface area contributed by atoms with Crippen LogP contribution in [-0.4, -0.2) is 64.0 Å². The van der Waals surface area contributed by atoms with E-state index in [1.807, 2.05) is 4.98 Å². The molecule has 10 nitrogen and oxygen atoms in total. The lowest BCUT2D eigenvalue weighted by Gasteiger charge is -2.24. The molecule has 1 aliphatic heterocycles. The maximum Gasteiger partial charge on any atom is 0.472 e. The summed E-state index contributed by atoms with van der Waals surface area (Å²) in [6.45, 7) is 8.83. The summed E-state index contributed by atoms with van der Waals surface area (Å²) in [7, 11) is -5.28. The van der Waals surface area contributed by atoms with E-state index in [0.29, 0.717) is 11.9 Å². The van der Waals surface area contributed by atoms with Gasteiger partial charge in [0.05, 0.1) is 25.0 Å². The summed E-state index contributed by atoms with van der Waals surface area (Å²) in [6.07, 6.45) is 12.0. The quantitative estimate of drug-likeness (QED) is 0.0669. The first-order valence-electron chi connectivity index (χ1n) is 15.9. The van der Waals surface area contributed by atoms with E-state index in [4.69, 9.17) is 13.8 Å². The van der Waals surface area contributed by atoms with Crippen molar-refractivity contribution in [3.63, 3.8) is 0 Å². The van der Waals surface area contributed by atoms with Crippen molar-refractivity contribution in [1.82, 2.24) is 9.55 Å². The zero-order valence-electron chi connectivity index (χ0n) is 26.4. The van der Waals surface area contributed by atoms with Crippen LogP contribution in [0.25, 0.3) is 0 Å². The summed E-state index contributed by atoms with van der Waals surface area (Å²) in [5.41, 5.74) is -2.06. The Bertz CT molecular complexity index is 1100. The van der Waals surface area contributed by atoms with Gasteiger partial charge in [-0.3, -0.25) is 23.4 Å². The number of hydrogen-bond acceptors (Lipinski definition) is 8. The summed E-state index contributed by atoms with van der Waals surface area (Å²) < 4.78 is 42.7. The Morgan fingerprint density at radius 3 is 2.19 bits per heavy atom. The second kappa shape index (κ2) is 19.7. The molecule has 0 saturated carbocycles. The van der Waals surface area contributed by atoms with E-state index in [2.05, 4.69) is 19.6 Å². The van der Waals surface area contributed by atoms with E-state index in [1.54, 1.807) is 11.8 Å². The van der Waals surface area contributed by atoms with Crippen LogP contribution in [0.1, 0.15) is 96.6 Å². The first-order valence-corrected chi connectivity index (χ1v) is 22.2. The zero-order chi connectivity index (χ0) is 31.9. The minimum Gasteiger partial charge on any atom is -0.390 e. The molecule has 3 N–H and O–H groups in total. The Morgan fingerprint density at radius 2 is 1.60 bits per heavy atom. The van der Waals surface area contributed by atoms with Gasteiger partial charge in [-0.05, 0) is 19.1 Å². The molecule has 2 heterocycles. The minimum absolute atomic E-state index is 0.0340. The highest BCUT2D eigenvalue weighted by Crippen LogP contribution is 2.46. The second-order valence-electron chi connectivity index (χ2n) is 12.8. The van der Waals surface area contributed by atoms with E-state index in [-0.39, 0.29) is 13.0 Å². The monoisotopic (exact) mass is 668 g/mol. The number of aliphatic hydroxyl groups is 1. The lowest BCUT2D eigenvalue weighted by Crippen LogP contribution is -2.35. The fourth-order valence-electron chi connectivity index (χ4n) is 5.19. The molecule has 250 valence electrons. The van der Waals surface area contributed by atoms with Crippen molar-refractivity contribution in [2.45, 2.75) is 141 Å². The Kier molecular flexibility index (Phi) is 17.6. The number of unbranched alkanes of at least 4 members (excludes halogenated alkanes) is 11. The molecule has 1 saturated heterocycles. The van der Waals surface area contributed by atoms with Crippen molar-refractivity contribution in [2.24, 2.45) is 0 Å². The van der Waals surface area contributed by atoms with Crippen molar-refractivity contribution in [1.29, 1.82) is 0 Å². The third kappa shape index (κ3) is 15.9. The fraction of sp³-hybridized carbons (Fsp3) is 0.862. The topological polar surface area (TPSA) is 140 Å². The lowest BCUT2D eigenvalue weighted by molar-refractivity contribution is -0.0765. The van der Waals surface area contributed by atoms with Gasteiger partial charge in [-0.2, -0.15) is 16.2 Å². The molecule has 1 aliphatic rings. The predicted molar refractivity (Wildman–Crippen MR) is 173 cm³/mol. The Morgan fingerprint density at radius 1 is 1.05 bits per heavy atom. The van der Waals surface area contributed by atoms with E-state index in [1.165, 1.54) is 83.6 Å². The fourth-order valence-corrected chi connectivity index (χ4v) is 8.36. The van der Waals surface area contributed by atoms with Gasteiger partial charge in [0.25, 0.3) is 5.56 Å². The number of H-pyrrole nitrogens is 1. The average molecular weight is 669 g/mol. The molecular weight excluding hydrogens is 614 g/mol. The molecule has 0 bridgehead atoms. The molecule has 1 unspecified atom stereocenters. The normalized spacial score (nSPS) is 21.2. The van der Waals surface area contributed by atoms with Crippen molar-refractivity contribution >= 4 is 27.7 Å². The number of thioether (sulfide) groups is 1. The largest absolute Gasteiger partial charge is 0.472 e. The maximum absolute atomic E-state index is 13.6. The van der Waals surface area contributed by atoms with E-state index in [9.17, 15) is 28.5 Å². The third-order valence-corrected chi connectivity index (χ3v) is 11.6. The Labute approximate surface area is 261 Å². The highest BCUT2D eigenvalue weighted by atomic mass is 32.2. The molecule has 2 rings (SSSR count). The first-order chi connectivity index (χ1) is 20.3. The molecule has 0 radical (unpaired) electrons. The van der Waals surface area contributed by atoms with Crippen LogP contribution in [0.5, 0.6) is 0 Å². The van der Waals surface area contributed by atoms with Crippen LogP contribution in [0, 0.1) is 5.82 Å². The number of halogens is 1. The SMILES string of the molecule is C[C@@H](OP(=O)(O)OCCSCCCCCCCCCCCCCC[Si](C)(C)C)[C@H]1O[C@@H](n2cc(F)c(=O)[nH]c2=O)C[C@@H]1O. The van der Waals surface area contributed by atoms with Gasteiger partial charge in [-0.15, -0.1) is 0 Å². The van der Waals surface area contributed by atoms with Crippen LogP contribution < -0.4 is 11.2 Å². The molecular formula is C29H54FN2O8PSSi. The molecule has 0 amide bonds. The summed E-state index contributed by atoms with van der Waals surface area (Å²) in [6, 6.07) is 1.46. The van der Waals surface area contributed by atoms with E-state index in [0.717, 1.165) is 16.7 Å². The van der Waals surface area contributed by atoms with Crippen molar-refractivity contribution in [3.05, 3.63) is 32.9 Å². The molecule has 1 aromatic heterocycles. The van der Waals surface area contributed by atoms with Crippen LogP contribution in [0.4, 0.5) is 4.39 Å². The number of aliphatic hydroxyl groups excluding tert-OH is 1. The summed E-state index contributed by atoms with van der Waals surface area (Å²) in [4.78, 5) is 35.2. The van der Waals surface area contributed by atoms with Gasteiger partial charge in [-0.1, -0.05) is 96.3 Å². The maximum atomic E-state index is 13.6. The molecule has 5 atom stereocenters. The number of nitrogens with one attached hydrogen (secondary N) is 1. The number of nitrogens with zero attached hydrogens (tertiary/aromatic N) is 1. The number of ether oxygens (including phenoxy) is 1. The molecule has 0 spiro atoms. The predicted octanol–water partition coefficient (Wildman–Crippen LogP) is 6.60. The highest BCUT2D eigenvalue weighted by Gasteiger charge is 2.42. The number of aromatic nitrogens is 2. The number of hydrogen-bond donors (Lipinski definition) is 3. The van der Waals surface area contributed by atoms with E-state index >= 15 is 0 Å². The molecule has 1 aromatic rings. The van der Waals surface area contributed by atoms with Gasteiger partial charge in [-0.25, -0.2) is 9.36 Å². The molecule has 0 aromatic carbocycles. The van der Waals surface area contributed by atoms with Gasteiger partial charge in [0.1, 0.15) is 12.3 Å². The van der Waals surface area contributed by atoms with Crippen LogP contribution in [0.15, 0.2) is 15.8 Å². The van der Waals surface area contributed by atoms with Gasteiger partial charge in [0.15, 0.2) is 0 Å². The van der Waals surface area contributed by atoms with Crippen LogP contribution in [0.2, 0.25) is 25.7 Å². The van der Waals surface area contributed by atoms with Gasteiger partial charge in [0.2, 0.25) is 5.82 Å². The second-order valence-corrected chi connectivity index (χ2v) is 21.0. The van der Waals surface area contributed by atoms with Crippen LogP contribution in [-0.2, 0) is 18.3 Å². The Balaban J connectivity index is 1.47. The summed E-state index contributed by atoms with van der Waals surface area (Å²) in [5.74, 6) is 0.333. The summed E-state index contributed by atoms with van der Waals surface area (Å²) in [5, 5.41) is 10.4. The average Bonchev–Trinajstić information content (AvgIpc) is 3.30. The van der Waals surface area contributed by atoms with Crippen LogP contribution in [0.3, 0.4) is 0 Å². The van der Waals surface area contributed by atoms with Gasteiger partial charge in [0, 0.05) is 20.2 Å². The number of phosphoric acid groups is 1. The standard InChI is InChI=1S/C29H54FN2O8PSSi/c1-23(27-25(33)21-26(39-27)32-22-24(30)28(34)31-29(32)35)40-41(36,37)38-17-19-42-18-15-13-11-9-7-5-6-8-10-12-14-16-20-43(2,3)4/h22-23,25-27,33H,5-21H2,1-4H3,(H,36,37)(H,31,34,35)/t23-,25+,26-,27-/m1/s1. The van der Waals surface area contributed by atoms with Crippen LogP contribution >= 0.6 is 19.6 Å². The molecule has 43 heavy (non-hydrogen) atoms. The molecule has 14 heteroatoms. The van der Waals surface area contributed by atoms with Crippen molar-refractivity contribution in [2.75, 3.05) is 18.1 Å². The van der Waals surface area contributed by atoms with Crippen molar-refractivity contribution < 1.29 is 32.7 Å². The van der Waals surface area contributed by atoms with Gasteiger partial charge < -0.3 is 14.7 Å². The lowest BCUT2D eigenvalue weighted by atomic mass is 10.1. The number of aromatic amines is 1. The summed E-state index contributed by atoms with van der Waals surface area (Å²) >= 11 is 1.66. The number of rotatable bonds is 23. The third-order valence-electron chi connectivity index (χ3n) is 7.58. The zero-order valence-corrected chi connectivity index (χ0v) is 29.1. The van der Waals surface area contributed by atoms with Gasteiger partial charge >= 0.3 is 13.5 Å².